The van der Waals surface area contributed by atoms with Crippen LogP contribution in [0, 0.1) is 6.92 Å². The Morgan fingerprint density at radius 1 is 0.966 bits per heavy atom. The summed E-state index contributed by atoms with van der Waals surface area (Å²) in [5, 5.41) is 5.01. The molecule has 0 amide bonds. The van der Waals surface area contributed by atoms with E-state index in [-0.39, 0.29) is 6.61 Å². The molecule has 0 aliphatic carbocycles. The zero-order valence-electron chi connectivity index (χ0n) is 15.9. The SMILES string of the molecule is COc1cc(CNc2ccc(Br)cc2C)cc(Cl)c1OCc1ccc(Cl)cc1Cl. The van der Waals surface area contributed by atoms with E-state index in [4.69, 9.17) is 44.3 Å². The lowest BCUT2D eigenvalue weighted by Crippen LogP contribution is -2.03. The van der Waals surface area contributed by atoms with Gasteiger partial charge in [-0.05, 0) is 60.5 Å². The first-order valence-corrected chi connectivity index (χ1v) is 10.7. The molecular weight excluding hydrogens is 497 g/mol. The molecule has 0 aliphatic heterocycles. The van der Waals surface area contributed by atoms with E-state index in [2.05, 4.69) is 34.2 Å². The molecule has 0 aliphatic rings. The topological polar surface area (TPSA) is 30.5 Å². The molecule has 0 saturated heterocycles. The second kappa shape index (κ2) is 9.94. The Labute approximate surface area is 194 Å². The lowest BCUT2D eigenvalue weighted by Gasteiger charge is -2.16. The van der Waals surface area contributed by atoms with Gasteiger partial charge in [0, 0.05) is 32.3 Å². The minimum atomic E-state index is 0.252. The highest BCUT2D eigenvalue weighted by Gasteiger charge is 2.14. The molecule has 0 fully saturated rings. The number of aryl methyl sites for hydroxylation is 1. The Morgan fingerprint density at radius 3 is 2.45 bits per heavy atom. The minimum absolute atomic E-state index is 0.252. The number of ether oxygens (including phenoxy) is 2. The fraction of sp³-hybridized carbons (Fsp3) is 0.182. The number of anilines is 1. The summed E-state index contributed by atoms with van der Waals surface area (Å²) in [5.41, 5.74) is 4.00. The van der Waals surface area contributed by atoms with Crippen LogP contribution in [0.4, 0.5) is 5.69 Å². The Hall–Kier alpha value is -1.59. The van der Waals surface area contributed by atoms with Crippen molar-refractivity contribution in [1.29, 1.82) is 0 Å². The number of hydrogen-bond acceptors (Lipinski definition) is 3. The number of hydrogen-bond donors (Lipinski definition) is 1. The molecule has 0 unspecified atom stereocenters. The van der Waals surface area contributed by atoms with Crippen molar-refractivity contribution in [3.63, 3.8) is 0 Å². The Kier molecular flexibility index (Phi) is 7.58. The highest BCUT2D eigenvalue weighted by atomic mass is 79.9. The lowest BCUT2D eigenvalue weighted by atomic mass is 10.1. The fourth-order valence-electron chi connectivity index (χ4n) is 2.83. The van der Waals surface area contributed by atoms with Gasteiger partial charge in [-0.3, -0.25) is 0 Å². The number of nitrogens with one attached hydrogen (secondary N) is 1. The minimum Gasteiger partial charge on any atom is -0.493 e. The molecule has 0 heterocycles. The van der Waals surface area contributed by atoms with E-state index in [1.165, 1.54) is 0 Å². The molecule has 0 radical (unpaired) electrons. The third-order valence-electron chi connectivity index (χ3n) is 4.35. The summed E-state index contributed by atoms with van der Waals surface area (Å²) in [4.78, 5) is 0. The fourth-order valence-corrected chi connectivity index (χ4v) is 4.05. The van der Waals surface area contributed by atoms with Gasteiger partial charge in [0.2, 0.25) is 0 Å². The highest BCUT2D eigenvalue weighted by molar-refractivity contribution is 9.10. The lowest BCUT2D eigenvalue weighted by molar-refractivity contribution is 0.284. The van der Waals surface area contributed by atoms with Crippen molar-refractivity contribution in [2.75, 3.05) is 12.4 Å². The maximum absolute atomic E-state index is 6.49. The molecule has 152 valence electrons. The third-order valence-corrected chi connectivity index (χ3v) is 5.71. The van der Waals surface area contributed by atoms with Crippen molar-refractivity contribution in [3.05, 3.63) is 84.8 Å². The number of benzene rings is 3. The first-order valence-electron chi connectivity index (χ1n) is 8.80. The predicted octanol–water partition coefficient (Wildman–Crippen LogP) is 7.92. The largest absolute Gasteiger partial charge is 0.493 e. The molecule has 29 heavy (non-hydrogen) atoms. The van der Waals surface area contributed by atoms with Crippen molar-refractivity contribution in [2.45, 2.75) is 20.1 Å². The molecule has 0 spiro atoms. The summed E-state index contributed by atoms with van der Waals surface area (Å²) < 4.78 is 12.5. The van der Waals surface area contributed by atoms with E-state index in [9.17, 15) is 0 Å². The van der Waals surface area contributed by atoms with E-state index in [1.807, 2.05) is 30.3 Å². The molecule has 7 heteroatoms. The van der Waals surface area contributed by atoms with Gasteiger partial charge in [-0.2, -0.15) is 0 Å². The van der Waals surface area contributed by atoms with E-state index in [1.54, 1.807) is 19.2 Å². The Morgan fingerprint density at radius 2 is 1.76 bits per heavy atom. The van der Waals surface area contributed by atoms with Crippen LogP contribution in [0.5, 0.6) is 11.5 Å². The second-order valence-electron chi connectivity index (χ2n) is 6.45. The summed E-state index contributed by atoms with van der Waals surface area (Å²) >= 11 is 22.1. The standard InChI is InChI=1S/C22H19BrCl3NO2/c1-13-7-16(23)4-6-20(13)27-11-14-8-19(26)22(21(9-14)28-2)29-12-15-3-5-17(24)10-18(15)25/h3-10,27H,11-12H2,1-2H3. The smallest absolute Gasteiger partial charge is 0.180 e. The van der Waals surface area contributed by atoms with Crippen molar-refractivity contribution < 1.29 is 9.47 Å². The van der Waals surface area contributed by atoms with Crippen LogP contribution in [0.2, 0.25) is 15.1 Å². The zero-order valence-corrected chi connectivity index (χ0v) is 19.7. The second-order valence-corrected chi connectivity index (χ2v) is 8.61. The maximum atomic E-state index is 6.49. The van der Waals surface area contributed by atoms with Crippen LogP contribution in [-0.2, 0) is 13.2 Å². The van der Waals surface area contributed by atoms with Gasteiger partial charge in [-0.25, -0.2) is 0 Å². The Balaban J connectivity index is 1.74. The number of methoxy groups -OCH3 is 1. The monoisotopic (exact) mass is 513 g/mol. The summed E-state index contributed by atoms with van der Waals surface area (Å²) in [6.07, 6.45) is 0. The average molecular weight is 516 g/mol. The maximum Gasteiger partial charge on any atom is 0.180 e. The molecule has 0 atom stereocenters. The van der Waals surface area contributed by atoms with Crippen molar-refractivity contribution >= 4 is 56.4 Å². The van der Waals surface area contributed by atoms with Crippen LogP contribution in [0.15, 0.2) is 53.0 Å². The van der Waals surface area contributed by atoms with Gasteiger partial charge in [0.25, 0.3) is 0 Å². The van der Waals surface area contributed by atoms with Crippen molar-refractivity contribution in [1.82, 2.24) is 0 Å². The predicted molar refractivity (Wildman–Crippen MR) is 125 cm³/mol. The molecule has 0 bridgehead atoms. The first-order chi connectivity index (χ1) is 13.9. The van der Waals surface area contributed by atoms with Gasteiger partial charge < -0.3 is 14.8 Å². The van der Waals surface area contributed by atoms with Gasteiger partial charge in [-0.1, -0.05) is 56.8 Å². The molecule has 1 N–H and O–H groups in total. The molecule has 3 aromatic rings. The van der Waals surface area contributed by atoms with E-state index >= 15 is 0 Å². The van der Waals surface area contributed by atoms with Crippen LogP contribution in [0.3, 0.4) is 0 Å². The van der Waals surface area contributed by atoms with Gasteiger partial charge in [0.15, 0.2) is 11.5 Å². The van der Waals surface area contributed by atoms with Crippen LogP contribution in [0.25, 0.3) is 0 Å². The molecule has 3 nitrogen and oxygen atoms in total. The Bertz CT molecular complexity index is 1030. The highest BCUT2D eigenvalue weighted by Crippen LogP contribution is 2.37. The molecular formula is C22H19BrCl3NO2. The normalized spacial score (nSPS) is 10.7. The summed E-state index contributed by atoms with van der Waals surface area (Å²) in [6.45, 7) is 2.91. The summed E-state index contributed by atoms with van der Waals surface area (Å²) in [5.74, 6) is 1.04. The van der Waals surface area contributed by atoms with Gasteiger partial charge in [-0.15, -0.1) is 0 Å². The molecule has 0 saturated carbocycles. The van der Waals surface area contributed by atoms with Gasteiger partial charge in [0.05, 0.1) is 12.1 Å². The molecule has 0 aromatic heterocycles. The molecule has 3 aromatic carbocycles. The van der Waals surface area contributed by atoms with Crippen molar-refractivity contribution in [2.24, 2.45) is 0 Å². The summed E-state index contributed by atoms with van der Waals surface area (Å²) in [6, 6.07) is 15.1. The van der Waals surface area contributed by atoms with Crippen LogP contribution < -0.4 is 14.8 Å². The van der Waals surface area contributed by atoms with Crippen LogP contribution in [-0.4, -0.2) is 7.11 Å². The van der Waals surface area contributed by atoms with E-state index in [0.717, 1.165) is 26.9 Å². The van der Waals surface area contributed by atoms with Crippen molar-refractivity contribution in [3.8, 4) is 11.5 Å². The number of rotatable bonds is 7. The van der Waals surface area contributed by atoms with Crippen LogP contribution in [0.1, 0.15) is 16.7 Å². The third kappa shape index (κ3) is 5.73. The quantitative estimate of drug-likeness (QED) is 0.347. The van der Waals surface area contributed by atoms with E-state index in [0.29, 0.717) is 33.1 Å². The number of halogens is 4. The van der Waals surface area contributed by atoms with E-state index < -0.39 is 0 Å². The van der Waals surface area contributed by atoms with Gasteiger partial charge in [0.1, 0.15) is 6.61 Å². The van der Waals surface area contributed by atoms with Crippen LogP contribution >= 0.6 is 50.7 Å². The summed E-state index contributed by atoms with van der Waals surface area (Å²) in [7, 11) is 1.59. The average Bonchev–Trinajstić information content (AvgIpc) is 2.67. The first kappa shape index (κ1) is 22.1. The molecule has 3 rings (SSSR count). The zero-order chi connectivity index (χ0) is 21.0. The van der Waals surface area contributed by atoms with Gasteiger partial charge >= 0.3 is 0 Å².